The van der Waals surface area contributed by atoms with Crippen LogP contribution < -0.4 is 10.6 Å². The van der Waals surface area contributed by atoms with Crippen molar-refractivity contribution in [1.29, 1.82) is 0 Å². The third-order valence-electron chi connectivity index (χ3n) is 3.59. The van der Waals surface area contributed by atoms with Gasteiger partial charge in [-0.05, 0) is 19.1 Å². The summed E-state index contributed by atoms with van der Waals surface area (Å²) < 4.78 is 1.76. The average molecular weight is 343 g/mol. The minimum Gasteiger partial charge on any atom is -0.349 e. The number of rotatable bonds is 4. The van der Waals surface area contributed by atoms with Crippen molar-refractivity contribution in [2.45, 2.75) is 39.2 Å². The number of nitrogens with one attached hydrogen (secondary N) is 2. The van der Waals surface area contributed by atoms with Crippen LogP contribution in [0.4, 0.5) is 10.8 Å². The van der Waals surface area contributed by atoms with Crippen molar-refractivity contribution in [2.24, 2.45) is 0 Å². The largest absolute Gasteiger partial charge is 0.349 e. The Hall–Kier alpha value is -2.41. The van der Waals surface area contributed by atoms with E-state index in [-0.39, 0.29) is 11.3 Å². The number of anilines is 2. The lowest BCUT2D eigenvalue weighted by Crippen LogP contribution is -2.31. The van der Waals surface area contributed by atoms with E-state index >= 15 is 0 Å². The zero-order valence-corrected chi connectivity index (χ0v) is 15.0. The Kier molecular flexibility index (Phi) is 4.28. The number of fused-ring (bicyclic) bond motifs is 1. The molecule has 126 valence electrons. The van der Waals surface area contributed by atoms with Gasteiger partial charge in [-0.15, -0.1) is 5.10 Å². The number of hydrogen-bond acceptors (Lipinski definition) is 5. The number of aromatic nitrogens is 3. The number of amides is 1. The van der Waals surface area contributed by atoms with Crippen LogP contribution in [-0.2, 0) is 10.2 Å². The van der Waals surface area contributed by atoms with E-state index in [1.165, 1.54) is 11.3 Å². The zero-order chi connectivity index (χ0) is 17.3. The normalized spacial score (nSPS) is 13.0. The molecule has 1 aromatic carbocycles. The van der Waals surface area contributed by atoms with Gasteiger partial charge in [0.2, 0.25) is 16.0 Å². The van der Waals surface area contributed by atoms with Crippen LogP contribution >= 0.6 is 11.3 Å². The van der Waals surface area contributed by atoms with E-state index in [0.717, 1.165) is 16.3 Å². The number of imidazole rings is 1. The number of para-hydroxylation sites is 1. The van der Waals surface area contributed by atoms with E-state index in [1.54, 1.807) is 4.52 Å². The Morgan fingerprint density at radius 3 is 2.58 bits per heavy atom. The molecular formula is C17H21N5OS. The topological polar surface area (TPSA) is 71.3 Å². The average Bonchev–Trinajstić information content (AvgIpc) is 3.06. The first kappa shape index (κ1) is 16.4. The van der Waals surface area contributed by atoms with E-state index in [9.17, 15) is 4.79 Å². The van der Waals surface area contributed by atoms with Crippen molar-refractivity contribution in [3.05, 3.63) is 42.2 Å². The second-order valence-corrected chi connectivity index (χ2v) is 7.69. The highest BCUT2D eigenvalue weighted by Gasteiger charge is 2.20. The number of benzene rings is 1. The molecule has 2 aromatic heterocycles. The van der Waals surface area contributed by atoms with Crippen LogP contribution in [-0.4, -0.2) is 26.5 Å². The molecule has 0 bridgehead atoms. The van der Waals surface area contributed by atoms with Crippen molar-refractivity contribution < 1.29 is 4.79 Å². The van der Waals surface area contributed by atoms with Gasteiger partial charge in [-0.25, -0.2) is 9.50 Å². The van der Waals surface area contributed by atoms with E-state index in [0.29, 0.717) is 5.13 Å². The Labute approximate surface area is 144 Å². The van der Waals surface area contributed by atoms with Crippen molar-refractivity contribution in [1.82, 2.24) is 14.6 Å². The molecule has 0 saturated heterocycles. The molecular weight excluding hydrogens is 322 g/mol. The minimum absolute atomic E-state index is 0.0100. The third-order valence-corrected chi connectivity index (χ3v) is 4.44. The molecule has 0 aliphatic heterocycles. The van der Waals surface area contributed by atoms with Gasteiger partial charge < -0.3 is 10.6 Å². The van der Waals surface area contributed by atoms with Gasteiger partial charge in [0.05, 0.1) is 11.9 Å². The fourth-order valence-electron chi connectivity index (χ4n) is 2.14. The summed E-state index contributed by atoms with van der Waals surface area (Å²) in [5.41, 5.74) is 1.77. The lowest BCUT2D eigenvalue weighted by Gasteiger charge is -2.14. The molecule has 0 fully saturated rings. The Morgan fingerprint density at radius 2 is 1.96 bits per heavy atom. The van der Waals surface area contributed by atoms with Gasteiger partial charge in [0.1, 0.15) is 6.04 Å². The highest BCUT2D eigenvalue weighted by molar-refractivity contribution is 7.20. The fourth-order valence-corrected chi connectivity index (χ4v) is 3.01. The van der Waals surface area contributed by atoms with Crippen LogP contribution in [0.15, 0.2) is 36.5 Å². The van der Waals surface area contributed by atoms with Gasteiger partial charge in [0, 0.05) is 11.1 Å². The van der Waals surface area contributed by atoms with Gasteiger partial charge in [-0.2, -0.15) is 0 Å². The van der Waals surface area contributed by atoms with Crippen molar-refractivity contribution in [3.8, 4) is 0 Å². The summed E-state index contributed by atoms with van der Waals surface area (Å²) in [5.74, 6) is -0.107. The molecule has 0 aliphatic carbocycles. The van der Waals surface area contributed by atoms with Crippen LogP contribution in [0.2, 0.25) is 0 Å². The Balaban J connectivity index is 1.68. The predicted octanol–water partition coefficient (Wildman–Crippen LogP) is 3.53. The molecule has 3 rings (SSSR count). The second kappa shape index (κ2) is 6.24. The molecule has 24 heavy (non-hydrogen) atoms. The lowest BCUT2D eigenvalue weighted by atomic mass is 9.93. The van der Waals surface area contributed by atoms with E-state index in [1.807, 2.05) is 43.5 Å². The molecule has 1 amide bonds. The monoisotopic (exact) mass is 343 g/mol. The fraction of sp³-hybridized carbons (Fsp3) is 0.353. The second-order valence-electron chi connectivity index (χ2n) is 6.73. The summed E-state index contributed by atoms with van der Waals surface area (Å²) in [6, 6.07) is 9.00. The van der Waals surface area contributed by atoms with Crippen LogP contribution in [0.3, 0.4) is 0 Å². The van der Waals surface area contributed by atoms with Crippen LogP contribution in [0.1, 0.15) is 33.4 Å². The number of carbonyl (C=O) groups excluding carboxylic acids is 1. The highest BCUT2D eigenvalue weighted by Crippen LogP contribution is 2.26. The number of hydrogen-bond donors (Lipinski definition) is 2. The maximum atomic E-state index is 12.2. The Bertz CT molecular complexity index is 815. The van der Waals surface area contributed by atoms with E-state index in [4.69, 9.17) is 0 Å². The van der Waals surface area contributed by atoms with Gasteiger partial charge >= 0.3 is 0 Å². The lowest BCUT2D eigenvalue weighted by molar-refractivity contribution is -0.116. The molecule has 2 N–H and O–H groups in total. The highest BCUT2D eigenvalue weighted by atomic mass is 32.1. The molecule has 6 nitrogen and oxygen atoms in total. The molecule has 7 heteroatoms. The van der Waals surface area contributed by atoms with Gasteiger partial charge in [-0.1, -0.05) is 50.3 Å². The molecule has 0 saturated carbocycles. The van der Waals surface area contributed by atoms with Crippen molar-refractivity contribution in [3.63, 3.8) is 0 Å². The summed E-state index contributed by atoms with van der Waals surface area (Å²) >= 11 is 1.44. The Morgan fingerprint density at radius 1 is 1.25 bits per heavy atom. The van der Waals surface area contributed by atoms with Gasteiger partial charge in [0.15, 0.2) is 0 Å². The standard InChI is InChI=1S/C17H21N5OS/c1-11(14(23)19-12-8-6-5-7-9-12)18-15-21-22-10-13(17(2,3)4)20-16(22)24-15/h5-11H,1-4H3,(H,18,21)(H,19,23). The van der Waals surface area contributed by atoms with E-state index in [2.05, 4.69) is 41.5 Å². The minimum atomic E-state index is -0.400. The molecule has 0 radical (unpaired) electrons. The summed E-state index contributed by atoms with van der Waals surface area (Å²) in [7, 11) is 0. The molecule has 0 aliphatic rings. The molecule has 3 aromatic rings. The first-order chi connectivity index (χ1) is 11.3. The van der Waals surface area contributed by atoms with Crippen LogP contribution in [0.5, 0.6) is 0 Å². The number of nitrogens with zero attached hydrogens (tertiary/aromatic N) is 3. The third kappa shape index (κ3) is 3.56. The van der Waals surface area contributed by atoms with Crippen molar-refractivity contribution in [2.75, 3.05) is 10.6 Å². The first-order valence-electron chi connectivity index (χ1n) is 7.82. The quantitative estimate of drug-likeness (QED) is 0.760. The van der Waals surface area contributed by atoms with Crippen LogP contribution in [0.25, 0.3) is 4.96 Å². The summed E-state index contributed by atoms with van der Waals surface area (Å²) in [4.78, 5) is 17.7. The SMILES string of the molecule is CC(Nc1nn2cc(C(C)(C)C)nc2s1)C(=O)Nc1ccccc1. The summed E-state index contributed by atoms with van der Waals surface area (Å²) in [6.45, 7) is 8.17. The van der Waals surface area contributed by atoms with Crippen molar-refractivity contribution >= 4 is 33.0 Å². The first-order valence-corrected chi connectivity index (χ1v) is 8.64. The molecule has 1 atom stereocenters. The predicted molar refractivity (Wildman–Crippen MR) is 97.7 cm³/mol. The number of carbonyl (C=O) groups is 1. The molecule has 2 heterocycles. The summed E-state index contributed by atoms with van der Waals surface area (Å²) in [5, 5.41) is 11.1. The molecule has 1 unspecified atom stereocenters. The maximum absolute atomic E-state index is 12.2. The van der Waals surface area contributed by atoms with Gasteiger partial charge in [0.25, 0.3) is 0 Å². The maximum Gasteiger partial charge on any atom is 0.246 e. The van der Waals surface area contributed by atoms with E-state index < -0.39 is 6.04 Å². The van der Waals surface area contributed by atoms with Gasteiger partial charge in [-0.3, -0.25) is 4.79 Å². The van der Waals surface area contributed by atoms with Crippen LogP contribution in [0, 0.1) is 0 Å². The summed E-state index contributed by atoms with van der Waals surface area (Å²) in [6.07, 6.45) is 1.94. The molecule has 0 spiro atoms. The zero-order valence-electron chi connectivity index (χ0n) is 14.2. The smallest absolute Gasteiger partial charge is 0.246 e.